The molecule has 6 heteroatoms. The van der Waals surface area contributed by atoms with Gasteiger partial charge in [-0.3, -0.25) is 4.90 Å². The lowest BCUT2D eigenvalue weighted by atomic mass is 9.94. The second kappa shape index (κ2) is 6.74. The molecule has 1 amide bonds. The van der Waals surface area contributed by atoms with E-state index in [1.165, 1.54) is 12.0 Å². The van der Waals surface area contributed by atoms with E-state index < -0.39 is 29.8 Å². The van der Waals surface area contributed by atoms with Gasteiger partial charge in [-0.2, -0.15) is 0 Å². The van der Waals surface area contributed by atoms with Crippen LogP contribution in [0.5, 0.6) is 0 Å². The number of esters is 1. The summed E-state index contributed by atoms with van der Waals surface area (Å²) >= 11 is 0. The van der Waals surface area contributed by atoms with Crippen molar-refractivity contribution in [3.63, 3.8) is 0 Å². The first-order valence-corrected chi connectivity index (χ1v) is 7.77. The second-order valence-corrected chi connectivity index (χ2v) is 6.85. The molecule has 0 radical (unpaired) electrons. The Labute approximate surface area is 137 Å². The summed E-state index contributed by atoms with van der Waals surface area (Å²) < 4.78 is 16.1. The number of hydrogen-bond acceptors (Lipinski definition) is 5. The third kappa shape index (κ3) is 3.93. The van der Waals surface area contributed by atoms with Crippen LogP contribution in [0, 0.1) is 5.92 Å². The summed E-state index contributed by atoms with van der Waals surface area (Å²) in [7, 11) is 1.31. The van der Waals surface area contributed by atoms with E-state index in [-0.39, 0.29) is 5.92 Å². The molecule has 0 aromatic carbocycles. The molecule has 2 aliphatic heterocycles. The van der Waals surface area contributed by atoms with Crippen LogP contribution < -0.4 is 0 Å². The number of nitrogens with zero attached hydrogens (tertiary/aromatic N) is 1. The molecule has 2 rings (SSSR count). The van der Waals surface area contributed by atoms with Gasteiger partial charge in [-0.1, -0.05) is 18.7 Å². The minimum absolute atomic E-state index is 0.0124. The maximum Gasteiger partial charge on any atom is 0.411 e. The minimum Gasteiger partial charge on any atom is -0.467 e. The number of methoxy groups -OCH3 is 1. The lowest BCUT2D eigenvalue weighted by Gasteiger charge is -2.28. The molecular weight excluding hydrogens is 298 g/mol. The molecule has 1 saturated heterocycles. The maximum absolute atomic E-state index is 12.5. The zero-order valence-electron chi connectivity index (χ0n) is 14.2. The number of allylic oxidation sites excluding steroid dienone is 2. The highest BCUT2D eigenvalue weighted by molar-refractivity contribution is 5.83. The van der Waals surface area contributed by atoms with Gasteiger partial charge in [-0.05, 0) is 32.8 Å². The number of hydrogen-bond donors (Lipinski definition) is 0. The first kappa shape index (κ1) is 17.5. The Morgan fingerprint density at radius 2 is 2.13 bits per heavy atom. The van der Waals surface area contributed by atoms with Crippen LogP contribution in [-0.2, 0) is 19.0 Å². The molecule has 0 saturated carbocycles. The van der Waals surface area contributed by atoms with Gasteiger partial charge in [0.05, 0.1) is 19.8 Å². The maximum atomic E-state index is 12.5. The number of ether oxygens (including phenoxy) is 3. The van der Waals surface area contributed by atoms with E-state index in [2.05, 4.69) is 6.58 Å². The van der Waals surface area contributed by atoms with Crippen molar-refractivity contribution in [2.45, 2.75) is 44.9 Å². The third-order valence-electron chi connectivity index (χ3n) is 4.01. The second-order valence-electron chi connectivity index (χ2n) is 6.85. The van der Waals surface area contributed by atoms with Crippen LogP contribution in [0.1, 0.15) is 27.2 Å². The largest absolute Gasteiger partial charge is 0.467 e. The lowest BCUT2D eigenvalue weighted by molar-refractivity contribution is -0.150. The van der Waals surface area contributed by atoms with E-state index in [0.717, 1.165) is 5.57 Å². The van der Waals surface area contributed by atoms with Gasteiger partial charge < -0.3 is 14.2 Å². The molecule has 0 spiro atoms. The van der Waals surface area contributed by atoms with E-state index in [1.807, 2.05) is 6.08 Å². The van der Waals surface area contributed by atoms with Crippen molar-refractivity contribution in [1.29, 1.82) is 0 Å². The Kier molecular flexibility index (Phi) is 5.14. The van der Waals surface area contributed by atoms with E-state index in [4.69, 9.17) is 14.2 Å². The smallest absolute Gasteiger partial charge is 0.411 e. The summed E-state index contributed by atoms with van der Waals surface area (Å²) in [6, 6.07) is -0.780. The van der Waals surface area contributed by atoms with Gasteiger partial charge in [0.1, 0.15) is 5.60 Å². The first-order valence-electron chi connectivity index (χ1n) is 7.77. The average molecular weight is 323 g/mol. The number of fused-ring (bicyclic) bond motifs is 1. The molecule has 1 fully saturated rings. The van der Waals surface area contributed by atoms with Gasteiger partial charge in [-0.15, -0.1) is 0 Å². The first-order chi connectivity index (χ1) is 10.8. The molecule has 6 nitrogen and oxygen atoms in total. The van der Waals surface area contributed by atoms with Gasteiger partial charge in [0.15, 0.2) is 6.04 Å². The van der Waals surface area contributed by atoms with E-state index in [9.17, 15) is 9.59 Å². The van der Waals surface area contributed by atoms with Crippen LogP contribution in [-0.4, -0.2) is 55.0 Å². The van der Waals surface area contributed by atoms with Crippen LogP contribution in [0.3, 0.4) is 0 Å². The molecule has 0 unspecified atom stereocenters. The number of carbonyl (C=O) groups is 2. The predicted octanol–water partition coefficient (Wildman–Crippen LogP) is 2.30. The molecule has 0 N–H and O–H groups in total. The summed E-state index contributed by atoms with van der Waals surface area (Å²) in [6.07, 6.45) is 3.53. The van der Waals surface area contributed by atoms with Crippen molar-refractivity contribution in [1.82, 2.24) is 4.90 Å². The van der Waals surface area contributed by atoms with Crippen molar-refractivity contribution in [3.8, 4) is 0 Å². The lowest BCUT2D eigenvalue weighted by Crippen LogP contribution is -2.48. The molecule has 0 aliphatic carbocycles. The summed E-state index contributed by atoms with van der Waals surface area (Å²) in [5, 5.41) is 0. The van der Waals surface area contributed by atoms with Crippen LogP contribution in [0.15, 0.2) is 24.3 Å². The molecule has 0 aromatic heterocycles. The Hall–Kier alpha value is -1.82. The van der Waals surface area contributed by atoms with Crippen molar-refractivity contribution in [2.24, 2.45) is 5.92 Å². The van der Waals surface area contributed by atoms with Crippen LogP contribution in [0.4, 0.5) is 4.79 Å². The fourth-order valence-electron chi connectivity index (χ4n) is 3.02. The Bertz CT molecular complexity index is 520. The molecule has 2 heterocycles. The monoisotopic (exact) mass is 323 g/mol. The fraction of sp³-hybridized carbons (Fsp3) is 0.647. The topological polar surface area (TPSA) is 65.1 Å². The van der Waals surface area contributed by atoms with Crippen LogP contribution >= 0.6 is 0 Å². The quantitative estimate of drug-likeness (QED) is 0.730. The zero-order chi connectivity index (χ0) is 17.2. The molecule has 2 aliphatic rings. The summed E-state index contributed by atoms with van der Waals surface area (Å²) in [4.78, 5) is 26.1. The molecule has 0 bridgehead atoms. The van der Waals surface area contributed by atoms with E-state index >= 15 is 0 Å². The number of amides is 1. The molecule has 0 aromatic rings. The van der Waals surface area contributed by atoms with Crippen LogP contribution in [0.2, 0.25) is 0 Å². The van der Waals surface area contributed by atoms with Crippen molar-refractivity contribution in [2.75, 3.05) is 20.3 Å². The van der Waals surface area contributed by atoms with E-state index in [0.29, 0.717) is 19.6 Å². The number of likely N-dealkylation sites (tertiary alicyclic amines) is 1. The summed E-state index contributed by atoms with van der Waals surface area (Å²) in [5.41, 5.74) is 0.433. The number of carbonyl (C=O) groups excluding carboxylic acids is 2. The molecular formula is C17H25NO5. The fourth-order valence-corrected chi connectivity index (χ4v) is 3.02. The standard InChI is InChI=1S/C17H25NO5/c1-6-11-7-8-22-14-12(9-11)10-18(13(14)15(19)21-5)16(20)23-17(2,3)4/h6-7,12-14H,1,8-10H2,2-5H3/t12-,13-,14+/m0/s1. The molecule has 128 valence electrons. The van der Waals surface area contributed by atoms with Gasteiger partial charge in [0.2, 0.25) is 0 Å². The predicted molar refractivity (Wildman–Crippen MR) is 84.9 cm³/mol. The summed E-state index contributed by atoms with van der Waals surface area (Å²) in [6.45, 7) is 9.95. The normalized spacial score (nSPS) is 27.6. The van der Waals surface area contributed by atoms with Gasteiger partial charge in [0, 0.05) is 12.5 Å². The van der Waals surface area contributed by atoms with Gasteiger partial charge in [-0.25, -0.2) is 9.59 Å². The van der Waals surface area contributed by atoms with E-state index in [1.54, 1.807) is 26.8 Å². The summed E-state index contributed by atoms with van der Waals surface area (Å²) in [5.74, 6) is -0.469. The highest BCUT2D eigenvalue weighted by atomic mass is 16.6. The average Bonchev–Trinajstić information content (AvgIpc) is 2.70. The zero-order valence-corrected chi connectivity index (χ0v) is 14.2. The van der Waals surface area contributed by atoms with Gasteiger partial charge >= 0.3 is 12.1 Å². The number of rotatable bonds is 2. The van der Waals surface area contributed by atoms with Crippen molar-refractivity contribution in [3.05, 3.63) is 24.3 Å². The Morgan fingerprint density at radius 3 is 2.70 bits per heavy atom. The third-order valence-corrected chi connectivity index (χ3v) is 4.01. The molecule has 3 atom stereocenters. The minimum atomic E-state index is -0.780. The van der Waals surface area contributed by atoms with Crippen LogP contribution in [0.25, 0.3) is 0 Å². The highest BCUT2D eigenvalue weighted by Gasteiger charge is 2.50. The Morgan fingerprint density at radius 1 is 1.43 bits per heavy atom. The van der Waals surface area contributed by atoms with Crippen molar-refractivity contribution < 1.29 is 23.8 Å². The van der Waals surface area contributed by atoms with Gasteiger partial charge in [0.25, 0.3) is 0 Å². The molecule has 23 heavy (non-hydrogen) atoms. The highest BCUT2D eigenvalue weighted by Crippen LogP contribution is 2.34. The SMILES string of the molecule is C=CC1=CCO[C@@H]2[C@@H](C1)CN(C(=O)OC(C)(C)C)[C@@H]2C(=O)OC. The van der Waals surface area contributed by atoms with Crippen molar-refractivity contribution >= 4 is 12.1 Å². The Balaban J connectivity index is 2.24.